The minimum Gasteiger partial charge on any atom is -0.508 e. The molecule has 1 fully saturated rings. The van der Waals surface area contributed by atoms with Crippen molar-refractivity contribution in [2.24, 2.45) is 5.92 Å². The molecule has 0 atom stereocenters. The zero-order valence-corrected chi connectivity index (χ0v) is 20.5. The van der Waals surface area contributed by atoms with Crippen molar-refractivity contribution < 1.29 is 10.2 Å². The number of aliphatic hydroxyl groups excluding tert-OH is 1. The standard InChI is InChI=1S/C30H41NO2/c1-23(2)31-20-18-25(19-21-31)10-7-9-24(3)30(27-14-16-28(33)17-15-27)29(13-8-22-32)26-11-5-4-6-12-26/h4-5,7,9,11,14-17,23,25,32-33H,3,6,8,10,12-13,18-22H2,1-2H3/b9-7-,30-29+. The summed E-state index contributed by atoms with van der Waals surface area (Å²) >= 11 is 0. The van der Waals surface area contributed by atoms with Gasteiger partial charge in [-0.3, -0.25) is 0 Å². The van der Waals surface area contributed by atoms with Crippen LogP contribution in [0.3, 0.4) is 0 Å². The van der Waals surface area contributed by atoms with Gasteiger partial charge in [-0.1, -0.05) is 49.1 Å². The molecule has 0 radical (unpaired) electrons. The second kappa shape index (κ2) is 12.8. The summed E-state index contributed by atoms with van der Waals surface area (Å²) in [6.45, 7) is 11.6. The van der Waals surface area contributed by atoms with Crippen molar-refractivity contribution >= 4 is 5.57 Å². The Labute approximate surface area is 200 Å². The zero-order chi connectivity index (χ0) is 23.6. The number of phenolic OH excluding ortho intramolecular Hbond substituents is 1. The summed E-state index contributed by atoms with van der Waals surface area (Å²) in [5, 5.41) is 19.4. The van der Waals surface area contributed by atoms with E-state index in [0.717, 1.165) is 54.7 Å². The maximum absolute atomic E-state index is 9.83. The molecule has 3 rings (SSSR count). The van der Waals surface area contributed by atoms with E-state index >= 15 is 0 Å². The molecule has 2 aliphatic rings. The fourth-order valence-electron chi connectivity index (χ4n) is 4.93. The summed E-state index contributed by atoms with van der Waals surface area (Å²) in [5.74, 6) is 1.01. The highest BCUT2D eigenvalue weighted by Gasteiger charge is 2.20. The van der Waals surface area contributed by atoms with Crippen LogP contribution in [0, 0.1) is 5.92 Å². The number of piperidine rings is 1. The third-order valence-corrected chi connectivity index (χ3v) is 6.93. The Balaban J connectivity index is 1.84. The van der Waals surface area contributed by atoms with Crippen molar-refractivity contribution in [2.75, 3.05) is 19.7 Å². The number of allylic oxidation sites excluding steroid dienone is 9. The maximum Gasteiger partial charge on any atom is 0.115 e. The van der Waals surface area contributed by atoms with Crippen LogP contribution in [0.15, 0.2) is 77.9 Å². The smallest absolute Gasteiger partial charge is 0.115 e. The number of hydrogen-bond acceptors (Lipinski definition) is 3. The number of likely N-dealkylation sites (tertiary alicyclic amines) is 1. The molecule has 1 aromatic carbocycles. The normalized spacial score (nSPS) is 18.6. The Kier molecular flexibility index (Phi) is 9.77. The summed E-state index contributed by atoms with van der Waals surface area (Å²) in [5.41, 5.74) is 5.79. The second-order valence-electron chi connectivity index (χ2n) is 9.62. The summed E-state index contributed by atoms with van der Waals surface area (Å²) in [6.07, 6.45) is 18.2. The first-order valence-corrected chi connectivity index (χ1v) is 12.6. The zero-order valence-electron chi connectivity index (χ0n) is 20.5. The van der Waals surface area contributed by atoms with Gasteiger partial charge in [-0.05, 0) is 118 Å². The fraction of sp³-hybridized carbons (Fsp3) is 0.467. The van der Waals surface area contributed by atoms with Gasteiger partial charge in [0.05, 0.1) is 0 Å². The predicted octanol–water partition coefficient (Wildman–Crippen LogP) is 6.82. The quantitative estimate of drug-likeness (QED) is 0.387. The molecule has 178 valence electrons. The Hall–Kier alpha value is -2.36. The number of aliphatic hydroxyl groups is 1. The number of aromatic hydroxyl groups is 1. The largest absolute Gasteiger partial charge is 0.508 e. The van der Waals surface area contributed by atoms with Crippen molar-refractivity contribution in [3.05, 3.63) is 83.5 Å². The molecule has 0 spiro atoms. The van der Waals surface area contributed by atoms with Crippen LogP contribution in [0.5, 0.6) is 5.75 Å². The number of hydrogen-bond donors (Lipinski definition) is 2. The van der Waals surface area contributed by atoms with Crippen LogP contribution in [0.25, 0.3) is 5.57 Å². The first-order valence-electron chi connectivity index (χ1n) is 12.6. The molecule has 1 heterocycles. The van der Waals surface area contributed by atoms with Gasteiger partial charge >= 0.3 is 0 Å². The number of phenols is 1. The highest BCUT2D eigenvalue weighted by Crippen LogP contribution is 2.36. The third-order valence-electron chi connectivity index (χ3n) is 6.93. The van der Waals surface area contributed by atoms with Gasteiger partial charge in [0.25, 0.3) is 0 Å². The molecular weight excluding hydrogens is 406 g/mol. The third kappa shape index (κ3) is 7.31. The van der Waals surface area contributed by atoms with Crippen LogP contribution in [0.4, 0.5) is 0 Å². The van der Waals surface area contributed by atoms with Crippen LogP contribution < -0.4 is 0 Å². The molecule has 0 saturated carbocycles. The van der Waals surface area contributed by atoms with Crippen molar-refractivity contribution in [1.82, 2.24) is 4.90 Å². The molecule has 0 bridgehead atoms. The van der Waals surface area contributed by atoms with E-state index in [9.17, 15) is 10.2 Å². The lowest BCUT2D eigenvalue weighted by molar-refractivity contribution is 0.150. The molecule has 1 aliphatic heterocycles. The van der Waals surface area contributed by atoms with Crippen molar-refractivity contribution in [2.45, 2.75) is 64.8 Å². The molecule has 3 nitrogen and oxygen atoms in total. The Morgan fingerprint density at radius 1 is 1.18 bits per heavy atom. The lowest BCUT2D eigenvalue weighted by Crippen LogP contribution is -2.38. The van der Waals surface area contributed by atoms with Gasteiger partial charge in [0.15, 0.2) is 0 Å². The van der Waals surface area contributed by atoms with Crippen molar-refractivity contribution in [1.29, 1.82) is 0 Å². The van der Waals surface area contributed by atoms with Gasteiger partial charge in [-0.2, -0.15) is 0 Å². The van der Waals surface area contributed by atoms with E-state index in [4.69, 9.17) is 0 Å². The average molecular weight is 448 g/mol. The summed E-state index contributed by atoms with van der Waals surface area (Å²) in [4.78, 5) is 2.57. The molecule has 1 aliphatic carbocycles. The second-order valence-corrected chi connectivity index (χ2v) is 9.62. The van der Waals surface area contributed by atoms with E-state index in [1.165, 1.54) is 37.1 Å². The monoisotopic (exact) mass is 447 g/mol. The van der Waals surface area contributed by atoms with Gasteiger partial charge in [0.1, 0.15) is 5.75 Å². The van der Waals surface area contributed by atoms with Gasteiger partial charge in [-0.25, -0.2) is 0 Å². The number of rotatable bonds is 10. The molecular formula is C30H41NO2. The number of benzene rings is 1. The van der Waals surface area contributed by atoms with E-state index in [1.807, 2.05) is 12.1 Å². The summed E-state index contributed by atoms with van der Waals surface area (Å²) < 4.78 is 0. The predicted molar refractivity (Wildman–Crippen MR) is 140 cm³/mol. The topological polar surface area (TPSA) is 43.7 Å². The summed E-state index contributed by atoms with van der Waals surface area (Å²) in [6, 6.07) is 8.08. The summed E-state index contributed by atoms with van der Waals surface area (Å²) in [7, 11) is 0. The number of nitrogens with zero attached hydrogens (tertiary/aromatic N) is 1. The van der Waals surface area contributed by atoms with Crippen LogP contribution in [-0.2, 0) is 0 Å². The minimum absolute atomic E-state index is 0.173. The van der Waals surface area contributed by atoms with E-state index in [-0.39, 0.29) is 12.4 Å². The molecule has 1 aromatic rings. The van der Waals surface area contributed by atoms with E-state index in [0.29, 0.717) is 6.04 Å². The minimum atomic E-state index is 0.173. The lowest BCUT2D eigenvalue weighted by Gasteiger charge is -2.34. The molecule has 3 heteroatoms. The van der Waals surface area contributed by atoms with E-state index in [2.05, 4.69) is 55.7 Å². The Morgan fingerprint density at radius 2 is 1.91 bits per heavy atom. The molecule has 0 aromatic heterocycles. The molecule has 1 saturated heterocycles. The van der Waals surface area contributed by atoms with Crippen LogP contribution in [0.2, 0.25) is 0 Å². The van der Waals surface area contributed by atoms with Crippen molar-refractivity contribution in [3.63, 3.8) is 0 Å². The van der Waals surface area contributed by atoms with Crippen LogP contribution in [-0.4, -0.2) is 40.9 Å². The average Bonchev–Trinajstić information content (AvgIpc) is 2.83. The highest BCUT2D eigenvalue weighted by atomic mass is 16.3. The highest BCUT2D eigenvalue weighted by molar-refractivity contribution is 5.86. The van der Waals surface area contributed by atoms with E-state index in [1.54, 1.807) is 12.1 Å². The van der Waals surface area contributed by atoms with Gasteiger partial charge in [0.2, 0.25) is 0 Å². The first-order chi connectivity index (χ1) is 16.0. The Bertz CT molecular complexity index is 894. The molecule has 33 heavy (non-hydrogen) atoms. The molecule has 2 N–H and O–H groups in total. The first kappa shape index (κ1) is 25.3. The van der Waals surface area contributed by atoms with Crippen molar-refractivity contribution in [3.8, 4) is 5.75 Å². The lowest BCUT2D eigenvalue weighted by atomic mass is 9.84. The van der Waals surface area contributed by atoms with E-state index < -0.39 is 0 Å². The van der Waals surface area contributed by atoms with Gasteiger partial charge in [0, 0.05) is 12.6 Å². The fourth-order valence-corrected chi connectivity index (χ4v) is 4.93. The Morgan fingerprint density at radius 3 is 2.52 bits per heavy atom. The van der Waals surface area contributed by atoms with Crippen LogP contribution >= 0.6 is 0 Å². The van der Waals surface area contributed by atoms with Crippen LogP contribution in [0.1, 0.15) is 64.4 Å². The molecule has 0 unspecified atom stereocenters. The maximum atomic E-state index is 9.83. The SMILES string of the molecule is C=C(/C=C\CC1CCN(C(C)C)CC1)/C(=C(/CCCO)C1=CC=CCC1)c1ccc(O)cc1. The van der Waals surface area contributed by atoms with Gasteiger partial charge in [-0.15, -0.1) is 0 Å². The molecule has 0 amide bonds. The van der Waals surface area contributed by atoms with Gasteiger partial charge < -0.3 is 15.1 Å².